The summed E-state index contributed by atoms with van der Waals surface area (Å²) in [5, 5.41) is 2.98. The van der Waals surface area contributed by atoms with E-state index in [1.165, 1.54) is 0 Å². The van der Waals surface area contributed by atoms with Gasteiger partial charge in [0.2, 0.25) is 5.91 Å². The van der Waals surface area contributed by atoms with Crippen LogP contribution in [0.15, 0.2) is 17.3 Å². The number of carbonyl (C=O) groups is 1. The molecule has 1 atom stereocenters. The zero-order valence-corrected chi connectivity index (χ0v) is 7.57. The summed E-state index contributed by atoms with van der Waals surface area (Å²) in [6.45, 7) is 0. The van der Waals surface area contributed by atoms with Gasteiger partial charge in [-0.05, 0) is 25.2 Å². The van der Waals surface area contributed by atoms with Crippen LogP contribution in [0.25, 0.3) is 0 Å². The SMILES string of the molecule is O=C(CC1C=CN=CC1)NC1CC1. The summed E-state index contributed by atoms with van der Waals surface area (Å²) >= 11 is 0. The third-order valence-corrected chi connectivity index (χ3v) is 2.35. The molecule has 1 saturated carbocycles. The van der Waals surface area contributed by atoms with E-state index in [2.05, 4.69) is 10.3 Å². The van der Waals surface area contributed by atoms with Gasteiger partial charge >= 0.3 is 0 Å². The summed E-state index contributed by atoms with van der Waals surface area (Å²) in [6, 6.07) is 0.480. The molecule has 0 saturated heterocycles. The highest BCUT2D eigenvalue weighted by Gasteiger charge is 2.24. The molecule has 1 aliphatic heterocycles. The maximum absolute atomic E-state index is 11.4. The molecule has 2 aliphatic rings. The number of aliphatic imine (C=N–C) groups is 1. The lowest BCUT2D eigenvalue weighted by atomic mass is 10.0. The van der Waals surface area contributed by atoms with E-state index in [4.69, 9.17) is 0 Å². The van der Waals surface area contributed by atoms with Gasteiger partial charge in [0.1, 0.15) is 0 Å². The second kappa shape index (κ2) is 3.73. The van der Waals surface area contributed by atoms with E-state index in [1.807, 2.05) is 12.3 Å². The van der Waals surface area contributed by atoms with Crippen LogP contribution in [0, 0.1) is 5.92 Å². The third-order valence-electron chi connectivity index (χ3n) is 2.35. The summed E-state index contributed by atoms with van der Waals surface area (Å²) in [6.07, 6.45) is 9.48. The van der Waals surface area contributed by atoms with Crippen LogP contribution in [-0.2, 0) is 4.79 Å². The molecule has 1 fully saturated rings. The van der Waals surface area contributed by atoms with E-state index in [0.717, 1.165) is 19.3 Å². The average molecular weight is 178 g/mol. The molecule has 13 heavy (non-hydrogen) atoms. The molecule has 0 aromatic heterocycles. The standard InChI is InChI=1S/C10H14N2O/c13-10(12-9-1-2-9)7-8-3-5-11-6-4-8/h3,5-6,8-9H,1-2,4,7H2,(H,12,13). The molecule has 70 valence electrons. The van der Waals surface area contributed by atoms with Crippen molar-refractivity contribution in [2.45, 2.75) is 31.7 Å². The Morgan fingerprint density at radius 3 is 3.00 bits per heavy atom. The van der Waals surface area contributed by atoms with Gasteiger partial charge in [0.05, 0.1) is 0 Å². The molecule has 1 aliphatic carbocycles. The van der Waals surface area contributed by atoms with Gasteiger partial charge in [0.15, 0.2) is 0 Å². The van der Waals surface area contributed by atoms with Crippen molar-refractivity contribution in [3.05, 3.63) is 12.3 Å². The van der Waals surface area contributed by atoms with Crippen LogP contribution in [0.4, 0.5) is 0 Å². The molecular formula is C10H14N2O. The van der Waals surface area contributed by atoms with E-state index in [-0.39, 0.29) is 5.91 Å². The third kappa shape index (κ3) is 2.68. The lowest BCUT2D eigenvalue weighted by Crippen LogP contribution is -2.27. The monoisotopic (exact) mass is 178 g/mol. The summed E-state index contributed by atoms with van der Waals surface area (Å²) in [5.74, 6) is 0.545. The summed E-state index contributed by atoms with van der Waals surface area (Å²) in [7, 11) is 0. The first-order valence-corrected chi connectivity index (χ1v) is 4.82. The van der Waals surface area contributed by atoms with Crippen LogP contribution in [0.5, 0.6) is 0 Å². The van der Waals surface area contributed by atoms with Crippen molar-refractivity contribution in [1.29, 1.82) is 0 Å². The number of allylic oxidation sites excluding steroid dienone is 1. The molecule has 1 amide bonds. The molecule has 2 rings (SSSR count). The number of nitrogens with one attached hydrogen (secondary N) is 1. The Morgan fingerprint density at radius 2 is 2.38 bits per heavy atom. The van der Waals surface area contributed by atoms with Gasteiger partial charge in [-0.15, -0.1) is 0 Å². The first-order valence-electron chi connectivity index (χ1n) is 4.82. The van der Waals surface area contributed by atoms with Crippen LogP contribution in [0.1, 0.15) is 25.7 Å². The van der Waals surface area contributed by atoms with Gasteiger partial charge in [-0.3, -0.25) is 9.79 Å². The number of hydrogen-bond acceptors (Lipinski definition) is 2. The van der Waals surface area contributed by atoms with Gasteiger partial charge in [-0.2, -0.15) is 0 Å². The molecule has 0 radical (unpaired) electrons. The van der Waals surface area contributed by atoms with E-state index >= 15 is 0 Å². The first kappa shape index (κ1) is 8.48. The number of nitrogens with zero attached hydrogens (tertiary/aromatic N) is 1. The molecule has 1 unspecified atom stereocenters. The summed E-state index contributed by atoms with van der Waals surface area (Å²) < 4.78 is 0. The fraction of sp³-hybridized carbons (Fsp3) is 0.600. The predicted octanol–water partition coefficient (Wildman–Crippen LogP) is 1.26. The predicted molar refractivity (Wildman–Crippen MR) is 51.5 cm³/mol. The molecule has 0 spiro atoms. The molecular weight excluding hydrogens is 164 g/mol. The lowest BCUT2D eigenvalue weighted by molar-refractivity contribution is -0.121. The van der Waals surface area contributed by atoms with Crippen LogP contribution >= 0.6 is 0 Å². The Kier molecular flexibility index (Phi) is 2.43. The van der Waals surface area contributed by atoms with Crippen LogP contribution < -0.4 is 5.32 Å². The molecule has 0 aromatic carbocycles. The van der Waals surface area contributed by atoms with E-state index in [1.54, 1.807) is 6.20 Å². The fourth-order valence-electron chi connectivity index (χ4n) is 1.41. The highest BCUT2D eigenvalue weighted by atomic mass is 16.1. The van der Waals surface area contributed by atoms with Crippen molar-refractivity contribution >= 4 is 12.1 Å². The molecule has 3 heteroatoms. The fourth-order valence-corrected chi connectivity index (χ4v) is 1.41. The minimum Gasteiger partial charge on any atom is -0.353 e. The Hall–Kier alpha value is -1.12. The minimum atomic E-state index is 0.187. The minimum absolute atomic E-state index is 0.187. The van der Waals surface area contributed by atoms with E-state index in [0.29, 0.717) is 18.4 Å². The molecule has 0 aromatic rings. The van der Waals surface area contributed by atoms with Crippen molar-refractivity contribution < 1.29 is 4.79 Å². The molecule has 1 N–H and O–H groups in total. The summed E-state index contributed by atoms with van der Waals surface area (Å²) in [4.78, 5) is 15.3. The van der Waals surface area contributed by atoms with Crippen molar-refractivity contribution in [3.63, 3.8) is 0 Å². The van der Waals surface area contributed by atoms with Crippen molar-refractivity contribution in [1.82, 2.24) is 5.32 Å². The average Bonchev–Trinajstić information content (AvgIpc) is 2.90. The Bertz CT molecular complexity index is 254. The maximum atomic E-state index is 11.4. The zero-order valence-electron chi connectivity index (χ0n) is 7.57. The summed E-state index contributed by atoms with van der Waals surface area (Å²) in [5.41, 5.74) is 0. The smallest absolute Gasteiger partial charge is 0.220 e. The van der Waals surface area contributed by atoms with E-state index in [9.17, 15) is 4.79 Å². The quantitative estimate of drug-likeness (QED) is 0.694. The normalized spacial score (nSPS) is 26.0. The van der Waals surface area contributed by atoms with Crippen LogP contribution in [0.2, 0.25) is 0 Å². The van der Waals surface area contributed by atoms with Crippen LogP contribution in [0.3, 0.4) is 0 Å². The van der Waals surface area contributed by atoms with Crippen LogP contribution in [-0.4, -0.2) is 18.2 Å². The van der Waals surface area contributed by atoms with E-state index < -0.39 is 0 Å². The lowest BCUT2D eigenvalue weighted by Gasteiger charge is -2.11. The zero-order chi connectivity index (χ0) is 9.10. The van der Waals surface area contributed by atoms with Crippen molar-refractivity contribution in [2.24, 2.45) is 10.9 Å². The molecule has 0 bridgehead atoms. The van der Waals surface area contributed by atoms with Gasteiger partial charge in [0, 0.05) is 24.9 Å². The van der Waals surface area contributed by atoms with Gasteiger partial charge in [-0.1, -0.05) is 6.08 Å². The topological polar surface area (TPSA) is 41.5 Å². The maximum Gasteiger partial charge on any atom is 0.220 e. The highest BCUT2D eigenvalue weighted by molar-refractivity contribution is 5.77. The van der Waals surface area contributed by atoms with Gasteiger partial charge < -0.3 is 5.32 Å². The van der Waals surface area contributed by atoms with Gasteiger partial charge in [0.25, 0.3) is 0 Å². The number of amides is 1. The highest BCUT2D eigenvalue weighted by Crippen LogP contribution is 2.20. The Morgan fingerprint density at radius 1 is 1.54 bits per heavy atom. The first-order chi connectivity index (χ1) is 6.34. The van der Waals surface area contributed by atoms with Crippen molar-refractivity contribution in [3.8, 4) is 0 Å². The largest absolute Gasteiger partial charge is 0.353 e. The molecule has 3 nitrogen and oxygen atoms in total. The Balaban J connectivity index is 1.73. The number of rotatable bonds is 3. The number of carbonyl (C=O) groups excluding carboxylic acids is 1. The second-order valence-electron chi connectivity index (χ2n) is 3.71. The second-order valence-corrected chi connectivity index (χ2v) is 3.71. The van der Waals surface area contributed by atoms with Crippen molar-refractivity contribution in [2.75, 3.05) is 0 Å². The Labute approximate surface area is 77.9 Å². The molecule has 1 heterocycles. The van der Waals surface area contributed by atoms with Gasteiger partial charge in [-0.25, -0.2) is 0 Å². The number of hydrogen-bond donors (Lipinski definition) is 1.